The molecule has 0 unspecified atom stereocenters. The molecule has 0 bridgehead atoms. The van der Waals surface area contributed by atoms with Crippen LogP contribution in [0.15, 0.2) is 41.9 Å². The van der Waals surface area contributed by atoms with Crippen molar-refractivity contribution in [1.29, 1.82) is 5.41 Å². The molecule has 6 nitrogen and oxygen atoms in total. The minimum atomic E-state index is -4.74. The molecule has 1 N–H and O–H groups in total. The molecule has 0 aliphatic rings. The minimum Gasteiger partial charge on any atom is -0.406 e. The highest BCUT2D eigenvalue weighted by molar-refractivity contribution is 7.16. The van der Waals surface area contributed by atoms with Crippen LogP contribution in [0.2, 0.25) is 0 Å². The minimum absolute atomic E-state index is 0.243. The van der Waals surface area contributed by atoms with E-state index in [4.69, 9.17) is 5.41 Å². The zero-order valence-electron chi connectivity index (χ0n) is 13.6. The lowest BCUT2D eigenvalue weighted by molar-refractivity contribution is -0.274. The third-order valence-corrected chi connectivity index (χ3v) is 5.63. The lowest BCUT2D eigenvalue weighted by Gasteiger charge is -2.09. The summed E-state index contributed by atoms with van der Waals surface area (Å²) in [5.41, 5.74) is 1.46. The van der Waals surface area contributed by atoms with Gasteiger partial charge in [0, 0.05) is 6.54 Å². The summed E-state index contributed by atoms with van der Waals surface area (Å²) in [5, 5.41) is 18.3. The van der Waals surface area contributed by atoms with Gasteiger partial charge in [0.1, 0.15) is 11.4 Å². The van der Waals surface area contributed by atoms with E-state index in [2.05, 4.69) is 15.0 Å². The first-order chi connectivity index (χ1) is 12.9. The number of ether oxygens (including phenoxy) is 1. The molecule has 4 aromatic rings. The fourth-order valence-corrected chi connectivity index (χ4v) is 4.28. The van der Waals surface area contributed by atoms with Crippen molar-refractivity contribution in [3.8, 4) is 16.3 Å². The molecule has 3 heterocycles. The molecule has 0 aliphatic heterocycles. The molecule has 1 aromatic carbocycles. The molecule has 0 fully saturated rings. The Morgan fingerprint density at radius 2 is 2.04 bits per heavy atom. The molecular weight excluding hydrogens is 399 g/mol. The van der Waals surface area contributed by atoms with E-state index in [1.165, 1.54) is 18.2 Å². The molecule has 0 saturated carbocycles. The maximum Gasteiger partial charge on any atom is 0.573 e. The quantitative estimate of drug-likeness (QED) is 0.538. The summed E-state index contributed by atoms with van der Waals surface area (Å²) in [5.74, 6) is -0.291. The van der Waals surface area contributed by atoms with Gasteiger partial charge in [-0.2, -0.15) is 0 Å². The zero-order chi connectivity index (χ0) is 19.0. The van der Waals surface area contributed by atoms with Crippen LogP contribution in [-0.4, -0.2) is 25.9 Å². The van der Waals surface area contributed by atoms with Gasteiger partial charge in [-0.3, -0.25) is 10.1 Å². The Balaban J connectivity index is 1.54. The number of thiophene rings is 1. The van der Waals surface area contributed by atoms with Crippen molar-refractivity contribution in [2.75, 3.05) is 0 Å². The second-order valence-corrected chi connectivity index (χ2v) is 7.56. The Kier molecular flexibility index (Phi) is 4.48. The molecule has 0 amide bonds. The van der Waals surface area contributed by atoms with E-state index in [1.807, 2.05) is 23.7 Å². The van der Waals surface area contributed by atoms with Crippen LogP contribution in [0.5, 0.6) is 5.75 Å². The van der Waals surface area contributed by atoms with Gasteiger partial charge in [-0.1, -0.05) is 22.6 Å². The Morgan fingerprint density at radius 1 is 1.19 bits per heavy atom. The summed E-state index contributed by atoms with van der Waals surface area (Å²) in [7, 11) is 0. The third kappa shape index (κ3) is 3.88. The zero-order valence-corrected chi connectivity index (χ0v) is 15.2. The summed E-state index contributed by atoms with van der Waals surface area (Å²) in [6.07, 6.45) is -2.90. The number of thiazole rings is 1. The van der Waals surface area contributed by atoms with E-state index in [9.17, 15) is 13.2 Å². The van der Waals surface area contributed by atoms with Gasteiger partial charge in [0.2, 0.25) is 0 Å². The fraction of sp³-hybridized carbons (Fsp3) is 0.188. The average molecular weight is 411 g/mol. The van der Waals surface area contributed by atoms with E-state index in [1.54, 1.807) is 20.6 Å². The highest BCUT2D eigenvalue weighted by Crippen LogP contribution is 2.28. The number of rotatable bonds is 5. The van der Waals surface area contributed by atoms with Crippen molar-refractivity contribution in [3.05, 3.63) is 46.7 Å². The lowest BCUT2D eigenvalue weighted by atomic mass is 10.3. The number of hydrogen-bond donors (Lipinski definition) is 1. The number of nitrogens with zero attached hydrogens (tertiary/aromatic N) is 4. The molecule has 140 valence electrons. The van der Waals surface area contributed by atoms with Crippen LogP contribution in [0.4, 0.5) is 13.2 Å². The predicted molar refractivity (Wildman–Crippen MR) is 95.7 cm³/mol. The normalized spacial score (nSPS) is 12.0. The van der Waals surface area contributed by atoms with Gasteiger partial charge < -0.3 is 9.30 Å². The maximum atomic E-state index is 12.4. The molecule has 4 rings (SSSR count). The van der Waals surface area contributed by atoms with Crippen molar-refractivity contribution < 1.29 is 17.9 Å². The van der Waals surface area contributed by atoms with E-state index < -0.39 is 6.36 Å². The van der Waals surface area contributed by atoms with Crippen LogP contribution >= 0.6 is 22.7 Å². The summed E-state index contributed by atoms with van der Waals surface area (Å²) in [6, 6.07) is 7.98. The van der Waals surface area contributed by atoms with Gasteiger partial charge in [-0.15, -0.1) is 29.6 Å². The summed E-state index contributed by atoms with van der Waals surface area (Å²) in [4.78, 5) is 1.26. The van der Waals surface area contributed by atoms with Crippen LogP contribution in [0.25, 0.3) is 20.8 Å². The molecule has 0 radical (unpaired) electrons. The monoisotopic (exact) mass is 411 g/mol. The van der Waals surface area contributed by atoms with E-state index >= 15 is 0 Å². The van der Waals surface area contributed by atoms with Gasteiger partial charge in [0.25, 0.3) is 0 Å². The Labute approximate surface area is 158 Å². The first-order valence-corrected chi connectivity index (χ1v) is 9.46. The number of benzene rings is 1. The average Bonchev–Trinajstić information content (AvgIpc) is 3.30. The third-order valence-electron chi connectivity index (χ3n) is 3.77. The molecule has 0 spiro atoms. The van der Waals surface area contributed by atoms with E-state index in [-0.39, 0.29) is 10.6 Å². The number of alkyl halides is 3. The fourth-order valence-electron chi connectivity index (χ4n) is 2.63. The number of hydrogen-bond acceptors (Lipinski definition) is 6. The number of aromatic nitrogens is 4. The second kappa shape index (κ2) is 6.82. The summed E-state index contributed by atoms with van der Waals surface area (Å²) < 4.78 is 45.0. The number of aryl methyl sites for hydroxylation is 2. The van der Waals surface area contributed by atoms with Gasteiger partial charge in [-0.05, 0) is 29.6 Å². The van der Waals surface area contributed by atoms with Crippen molar-refractivity contribution in [3.63, 3.8) is 0 Å². The topological polar surface area (TPSA) is 68.7 Å². The largest absolute Gasteiger partial charge is 0.573 e. The Hall–Kier alpha value is -2.66. The van der Waals surface area contributed by atoms with Crippen LogP contribution in [0.3, 0.4) is 0 Å². The SMILES string of the molecule is N=c1sc2cc(OC(F)(F)F)ccc2n1CCn1cc(-c2cccs2)nn1. The van der Waals surface area contributed by atoms with E-state index in [0.29, 0.717) is 23.3 Å². The van der Waals surface area contributed by atoms with Gasteiger partial charge in [-0.25, -0.2) is 0 Å². The summed E-state index contributed by atoms with van der Waals surface area (Å²) >= 11 is 2.67. The second-order valence-electron chi connectivity index (χ2n) is 5.58. The first-order valence-electron chi connectivity index (χ1n) is 7.77. The van der Waals surface area contributed by atoms with E-state index in [0.717, 1.165) is 21.9 Å². The molecule has 27 heavy (non-hydrogen) atoms. The number of halogens is 3. The summed E-state index contributed by atoms with van der Waals surface area (Å²) in [6.45, 7) is 0.938. The molecule has 0 saturated heterocycles. The smallest absolute Gasteiger partial charge is 0.406 e. The first kappa shape index (κ1) is 17.7. The highest BCUT2D eigenvalue weighted by atomic mass is 32.1. The van der Waals surface area contributed by atoms with Crippen LogP contribution < -0.4 is 9.54 Å². The molecule has 0 atom stereocenters. The predicted octanol–water partition coefficient (Wildman–Crippen LogP) is 4.10. The number of nitrogens with one attached hydrogen (secondary N) is 1. The van der Waals surface area contributed by atoms with Gasteiger partial charge >= 0.3 is 6.36 Å². The maximum absolute atomic E-state index is 12.4. The lowest BCUT2D eigenvalue weighted by Crippen LogP contribution is -2.17. The molecule has 0 aliphatic carbocycles. The van der Waals surface area contributed by atoms with Crippen LogP contribution in [-0.2, 0) is 13.1 Å². The van der Waals surface area contributed by atoms with Gasteiger partial charge in [0.05, 0.1) is 27.8 Å². The molecule has 11 heteroatoms. The Bertz CT molecular complexity index is 1130. The van der Waals surface area contributed by atoms with Crippen LogP contribution in [0, 0.1) is 5.41 Å². The van der Waals surface area contributed by atoms with Crippen molar-refractivity contribution >= 4 is 32.9 Å². The van der Waals surface area contributed by atoms with Gasteiger partial charge in [0.15, 0.2) is 4.80 Å². The van der Waals surface area contributed by atoms with Crippen molar-refractivity contribution in [2.45, 2.75) is 19.5 Å². The van der Waals surface area contributed by atoms with Crippen LogP contribution in [0.1, 0.15) is 0 Å². The van der Waals surface area contributed by atoms with Crippen molar-refractivity contribution in [1.82, 2.24) is 19.6 Å². The van der Waals surface area contributed by atoms with Crippen molar-refractivity contribution in [2.24, 2.45) is 0 Å². The number of fused-ring (bicyclic) bond motifs is 1. The standard InChI is InChI=1S/C16H12F3N5OS2/c17-16(18,19)25-10-3-4-12-14(8-10)27-15(20)24(12)6-5-23-9-11(21-22-23)13-2-1-7-26-13/h1-4,7-9,20H,5-6H2. The molecule has 3 aromatic heterocycles. The Morgan fingerprint density at radius 3 is 2.78 bits per heavy atom. The highest BCUT2D eigenvalue weighted by Gasteiger charge is 2.31. The molecular formula is C16H12F3N5OS2.